The van der Waals surface area contributed by atoms with E-state index in [1.165, 1.54) is 11.9 Å². The molecule has 0 bridgehead atoms. The zero-order valence-corrected chi connectivity index (χ0v) is 28.9. The van der Waals surface area contributed by atoms with Gasteiger partial charge in [0, 0.05) is 31.6 Å². The summed E-state index contributed by atoms with van der Waals surface area (Å²) in [5.41, 5.74) is 0.741. The van der Waals surface area contributed by atoms with Gasteiger partial charge in [0.15, 0.2) is 11.9 Å². The zero-order valence-electron chi connectivity index (χ0n) is 27.3. The molecule has 46 heavy (non-hydrogen) atoms. The molecule has 15 heteroatoms. The lowest BCUT2D eigenvalue weighted by molar-refractivity contribution is -0.135. The second kappa shape index (κ2) is 20.5. The van der Waals surface area contributed by atoms with Crippen LogP contribution in [-0.4, -0.2) is 85.2 Å². The van der Waals surface area contributed by atoms with Gasteiger partial charge in [-0.2, -0.15) is 0 Å². The molecule has 0 aromatic heterocycles. The number of rotatable bonds is 19. The van der Waals surface area contributed by atoms with E-state index >= 15 is 0 Å². The lowest BCUT2D eigenvalue weighted by atomic mass is 9.85. The van der Waals surface area contributed by atoms with Crippen molar-refractivity contribution in [3.63, 3.8) is 0 Å². The van der Waals surface area contributed by atoms with Gasteiger partial charge in [-0.1, -0.05) is 55.8 Å². The van der Waals surface area contributed by atoms with Crippen LogP contribution in [0.2, 0.25) is 5.02 Å². The van der Waals surface area contributed by atoms with Crippen molar-refractivity contribution in [1.82, 2.24) is 20.9 Å². The molecule has 3 atom stereocenters. The van der Waals surface area contributed by atoms with Crippen LogP contribution in [0.4, 0.5) is 4.79 Å². The van der Waals surface area contributed by atoms with Crippen molar-refractivity contribution in [2.45, 2.75) is 96.7 Å². The van der Waals surface area contributed by atoms with Crippen LogP contribution in [0.15, 0.2) is 24.3 Å². The van der Waals surface area contributed by atoms with Crippen molar-refractivity contribution < 1.29 is 42.6 Å². The summed E-state index contributed by atoms with van der Waals surface area (Å²) in [5, 5.41) is 19.7. The van der Waals surface area contributed by atoms with E-state index in [-0.39, 0.29) is 57.4 Å². The Bertz CT molecular complexity index is 1170. The molecule has 2 rings (SSSR count). The van der Waals surface area contributed by atoms with E-state index in [0.717, 1.165) is 37.7 Å². The van der Waals surface area contributed by atoms with Crippen molar-refractivity contribution in [3.05, 3.63) is 34.9 Å². The molecule has 13 nitrogen and oxygen atoms in total. The fourth-order valence-corrected chi connectivity index (χ4v) is 7.27. The van der Waals surface area contributed by atoms with Gasteiger partial charge in [-0.3, -0.25) is 18.9 Å². The Kier molecular flexibility index (Phi) is 17.6. The number of hydrogen-bond acceptors (Lipinski definition) is 9. The van der Waals surface area contributed by atoms with Crippen LogP contribution >= 0.6 is 19.2 Å². The monoisotopic (exact) mass is 688 g/mol. The third kappa shape index (κ3) is 13.6. The van der Waals surface area contributed by atoms with Crippen molar-refractivity contribution in [1.29, 1.82) is 0 Å². The molecule has 0 radical (unpaired) electrons. The van der Waals surface area contributed by atoms with Crippen LogP contribution in [0.3, 0.4) is 0 Å². The van der Waals surface area contributed by atoms with Crippen LogP contribution in [-0.2, 0) is 39.3 Å². The number of alkyl carbamates (subject to hydrolysis) is 1. The van der Waals surface area contributed by atoms with E-state index in [1.54, 1.807) is 45.0 Å². The van der Waals surface area contributed by atoms with E-state index in [4.69, 9.17) is 25.4 Å². The Labute approximate surface area is 277 Å². The Balaban J connectivity index is 2.24. The average molecular weight is 689 g/mol. The van der Waals surface area contributed by atoms with Crippen LogP contribution in [0.1, 0.15) is 77.7 Å². The summed E-state index contributed by atoms with van der Waals surface area (Å²) in [6, 6.07) is 5.67. The molecular formula is C31H50ClN4O9P. The molecule has 1 aliphatic carbocycles. The molecule has 4 amide bonds. The number of nitrogens with zero attached hydrogens (tertiary/aromatic N) is 1. The van der Waals surface area contributed by atoms with Gasteiger partial charge in [-0.25, -0.2) is 4.79 Å². The third-order valence-corrected chi connectivity index (χ3v) is 10.1. The van der Waals surface area contributed by atoms with Gasteiger partial charge in [0.05, 0.1) is 25.8 Å². The Morgan fingerprint density at radius 2 is 1.74 bits per heavy atom. The van der Waals surface area contributed by atoms with Gasteiger partial charge in [-0.05, 0) is 57.2 Å². The lowest BCUT2D eigenvalue weighted by Gasteiger charge is -2.31. The Hall–Kier alpha value is -2.70. The number of nitrogens with one attached hydrogen (secondary N) is 3. The van der Waals surface area contributed by atoms with Crippen LogP contribution in [0, 0.1) is 5.92 Å². The van der Waals surface area contributed by atoms with E-state index in [9.17, 15) is 28.8 Å². The highest BCUT2D eigenvalue weighted by molar-refractivity contribution is 7.54. The van der Waals surface area contributed by atoms with Crippen LogP contribution in [0.5, 0.6) is 0 Å². The second-order valence-corrected chi connectivity index (χ2v) is 13.8. The van der Waals surface area contributed by atoms with Gasteiger partial charge in [0.1, 0.15) is 0 Å². The van der Waals surface area contributed by atoms with Crippen molar-refractivity contribution >= 4 is 43.0 Å². The minimum atomic E-state index is -4.16. The van der Waals surface area contributed by atoms with Crippen LogP contribution in [0.25, 0.3) is 0 Å². The molecule has 0 heterocycles. The van der Waals surface area contributed by atoms with Gasteiger partial charge in [0.25, 0.3) is 5.91 Å². The number of ether oxygens (including phenoxy) is 1. The minimum Gasteiger partial charge on any atom is -0.436 e. The first kappa shape index (κ1) is 39.5. The predicted octanol–water partition coefficient (Wildman–Crippen LogP) is 4.35. The van der Waals surface area contributed by atoms with E-state index in [1.807, 2.05) is 0 Å². The summed E-state index contributed by atoms with van der Waals surface area (Å²) in [6.07, 6.45) is 2.68. The highest BCUT2D eigenvalue weighted by Crippen LogP contribution is 2.53. The van der Waals surface area contributed by atoms with E-state index in [0.29, 0.717) is 11.6 Å². The standard InChI is InChI=1S/C31H50ClN4O9P/c1-5-33-27(37)21-36(4)28(38)17-16-25(30(40)46(42,43-6-2)44-7-3)35-29(39)26(19-22-12-9-8-10-13-22)45-31(41)34-20-23-14-11-15-24(32)18-23/h11,14-15,18,22,25-26,30,40H,5-10,12-13,16-17,19-21H2,1-4H3,(H,33,37)(H,34,41)(H,35,39)/t25-,26-,30?/m0/s1. The number of aliphatic hydroxyl groups excluding tert-OH is 1. The van der Waals surface area contributed by atoms with Gasteiger partial charge < -0.3 is 39.7 Å². The maximum atomic E-state index is 13.8. The smallest absolute Gasteiger partial charge is 0.408 e. The van der Waals surface area contributed by atoms with Crippen molar-refractivity contribution in [2.75, 3.05) is 33.4 Å². The van der Waals surface area contributed by atoms with E-state index in [2.05, 4.69) is 16.0 Å². The third-order valence-electron chi connectivity index (χ3n) is 7.62. The van der Waals surface area contributed by atoms with Crippen molar-refractivity contribution in [2.24, 2.45) is 5.92 Å². The molecule has 0 spiro atoms. The largest absolute Gasteiger partial charge is 0.436 e. The van der Waals surface area contributed by atoms with Gasteiger partial charge in [-0.15, -0.1) is 0 Å². The molecular weight excluding hydrogens is 639 g/mol. The first-order valence-corrected chi connectivity index (χ1v) is 18.0. The normalized spacial score (nSPS) is 15.7. The number of amides is 4. The number of carbonyl (C=O) groups excluding carboxylic acids is 4. The topological polar surface area (TPSA) is 173 Å². The summed E-state index contributed by atoms with van der Waals surface area (Å²) in [5.74, 6) is -3.18. The lowest BCUT2D eigenvalue weighted by Crippen LogP contribution is -2.50. The molecule has 1 aliphatic rings. The summed E-state index contributed by atoms with van der Waals surface area (Å²) >= 11 is 6.04. The zero-order chi connectivity index (χ0) is 34.1. The summed E-state index contributed by atoms with van der Waals surface area (Å²) < 4.78 is 29.8. The summed E-state index contributed by atoms with van der Waals surface area (Å²) in [6.45, 7) is 5.21. The SMILES string of the molecule is CCNC(=O)CN(C)C(=O)CC[C@H](NC(=O)[C@H](CC1CCCCC1)OC(=O)NCc1cccc(Cl)c1)C(O)P(=O)(OCC)OCC. The molecule has 1 aromatic rings. The molecule has 0 saturated heterocycles. The highest BCUT2D eigenvalue weighted by Gasteiger charge is 2.42. The number of aliphatic hydroxyl groups is 1. The molecule has 0 aliphatic heterocycles. The maximum Gasteiger partial charge on any atom is 0.408 e. The highest BCUT2D eigenvalue weighted by atomic mass is 35.5. The fourth-order valence-electron chi connectivity index (χ4n) is 5.29. The molecule has 1 fully saturated rings. The second-order valence-electron chi connectivity index (χ2n) is 11.3. The number of carbonyl (C=O) groups is 4. The molecule has 1 saturated carbocycles. The molecule has 1 aromatic carbocycles. The maximum absolute atomic E-state index is 13.8. The molecule has 4 N–H and O–H groups in total. The van der Waals surface area contributed by atoms with Gasteiger partial charge in [0.2, 0.25) is 11.8 Å². The number of likely N-dealkylation sites (N-methyl/N-ethyl adjacent to an activating group) is 2. The average Bonchev–Trinajstić information content (AvgIpc) is 3.02. The predicted molar refractivity (Wildman–Crippen MR) is 174 cm³/mol. The Morgan fingerprint density at radius 1 is 1.07 bits per heavy atom. The summed E-state index contributed by atoms with van der Waals surface area (Å²) in [4.78, 5) is 52.7. The fraction of sp³-hybridized carbons (Fsp3) is 0.677. The minimum absolute atomic E-state index is 0.0383. The summed E-state index contributed by atoms with van der Waals surface area (Å²) in [7, 11) is -2.70. The quantitative estimate of drug-likeness (QED) is 0.154. The Morgan fingerprint density at radius 3 is 2.35 bits per heavy atom. The van der Waals surface area contributed by atoms with Gasteiger partial charge >= 0.3 is 13.7 Å². The number of benzene rings is 1. The first-order chi connectivity index (χ1) is 21.9. The van der Waals surface area contributed by atoms with Crippen LogP contribution < -0.4 is 16.0 Å². The first-order valence-electron chi connectivity index (χ1n) is 16.0. The molecule has 1 unspecified atom stereocenters. The molecule has 260 valence electrons. The van der Waals surface area contributed by atoms with E-state index < -0.39 is 43.5 Å². The number of hydrogen-bond donors (Lipinski definition) is 4. The van der Waals surface area contributed by atoms with Crippen molar-refractivity contribution in [3.8, 4) is 0 Å². The number of halogens is 1.